The number of hydrogen-bond donors (Lipinski definition) is 3. The summed E-state index contributed by atoms with van der Waals surface area (Å²) >= 11 is 4.53. The molecule has 1 aromatic rings. The van der Waals surface area contributed by atoms with E-state index in [9.17, 15) is 9.18 Å². The lowest BCUT2D eigenvalue weighted by Crippen LogP contribution is -2.34. The van der Waals surface area contributed by atoms with E-state index < -0.39 is 17.5 Å². The Morgan fingerprint density at radius 2 is 2.00 bits per heavy atom. The molecule has 0 spiro atoms. The number of nitrogens with zero attached hydrogens (tertiary/aromatic N) is 1. The van der Waals surface area contributed by atoms with Gasteiger partial charge >= 0.3 is 6.09 Å². The molecule has 0 saturated heterocycles. The third kappa shape index (κ3) is 9.89. The standard InChI is InChI=1S/C22H32FN3O4S/c1-7-15(2)20(31)19(26-24-6)17-9-8-16(23)14-18(17)29-13-12-28-11-10-25-21(27)30-22(3,4)5/h7-9,14,24,31H,1,10-13H2,2-6H3,(H,25,27)/b20-15-,26-19-. The lowest BCUT2D eigenvalue weighted by Gasteiger charge is -2.19. The first-order valence-corrected chi connectivity index (χ1v) is 10.3. The van der Waals surface area contributed by atoms with E-state index in [-0.39, 0.29) is 19.8 Å². The molecule has 0 bridgehead atoms. The van der Waals surface area contributed by atoms with Crippen molar-refractivity contribution in [1.29, 1.82) is 0 Å². The second-order valence-electron chi connectivity index (χ2n) is 7.45. The Hall–Kier alpha value is -2.52. The number of ether oxygens (including phenoxy) is 3. The van der Waals surface area contributed by atoms with Gasteiger partial charge in [0.15, 0.2) is 0 Å². The zero-order valence-corrected chi connectivity index (χ0v) is 19.6. The average molecular weight is 454 g/mol. The fourth-order valence-corrected chi connectivity index (χ4v) is 2.56. The summed E-state index contributed by atoms with van der Waals surface area (Å²) in [6, 6.07) is 4.20. The van der Waals surface area contributed by atoms with Gasteiger partial charge in [0.1, 0.15) is 29.5 Å². The molecule has 7 nitrogen and oxygen atoms in total. The minimum atomic E-state index is -0.552. The summed E-state index contributed by atoms with van der Waals surface area (Å²) in [6.45, 7) is 12.0. The third-order valence-corrected chi connectivity index (χ3v) is 4.29. The van der Waals surface area contributed by atoms with E-state index in [0.29, 0.717) is 28.5 Å². The summed E-state index contributed by atoms with van der Waals surface area (Å²) in [7, 11) is 1.66. The van der Waals surface area contributed by atoms with Gasteiger partial charge in [0.2, 0.25) is 0 Å². The van der Waals surface area contributed by atoms with E-state index in [1.54, 1.807) is 40.0 Å². The number of hydrogen-bond acceptors (Lipinski definition) is 7. The topological polar surface area (TPSA) is 81.2 Å². The maximum atomic E-state index is 13.8. The first kappa shape index (κ1) is 26.5. The molecule has 0 fully saturated rings. The molecule has 1 amide bonds. The molecule has 2 N–H and O–H groups in total. The molecule has 9 heteroatoms. The van der Waals surface area contributed by atoms with Crippen LogP contribution in [0.3, 0.4) is 0 Å². The number of carbonyl (C=O) groups is 1. The van der Waals surface area contributed by atoms with Crippen LogP contribution in [0, 0.1) is 5.82 Å². The zero-order valence-electron chi connectivity index (χ0n) is 18.8. The van der Waals surface area contributed by atoms with E-state index in [1.807, 2.05) is 6.92 Å². The minimum absolute atomic E-state index is 0.182. The molecule has 1 rings (SSSR count). The molecule has 0 atom stereocenters. The molecule has 0 aliphatic rings. The quantitative estimate of drug-likeness (QED) is 0.155. The predicted molar refractivity (Wildman–Crippen MR) is 124 cm³/mol. The highest BCUT2D eigenvalue weighted by Gasteiger charge is 2.17. The molecule has 0 saturated carbocycles. The number of thiol groups is 1. The number of halogens is 1. The summed E-state index contributed by atoms with van der Waals surface area (Å²) in [5.41, 5.74) is 4.07. The van der Waals surface area contributed by atoms with Crippen LogP contribution >= 0.6 is 12.6 Å². The Balaban J connectivity index is 2.66. The maximum absolute atomic E-state index is 13.8. The van der Waals surface area contributed by atoms with Gasteiger partial charge in [-0.25, -0.2) is 9.18 Å². The average Bonchev–Trinajstić information content (AvgIpc) is 2.69. The highest BCUT2D eigenvalue weighted by atomic mass is 32.1. The number of nitrogens with one attached hydrogen (secondary N) is 2. The van der Waals surface area contributed by atoms with Crippen LogP contribution in [0.4, 0.5) is 9.18 Å². The van der Waals surface area contributed by atoms with E-state index in [4.69, 9.17) is 14.2 Å². The largest absolute Gasteiger partial charge is 0.490 e. The third-order valence-electron chi connectivity index (χ3n) is 3.73. The monoisotopic (exact) mass is 453 g/mol. The van der Waals surface area contributed by atoms with E-state index in [0.717, 1.165) is 5.57 Å². The molecule has 0 aromatic heterocycles. The SMILES string of the molecule is C=C/C(C)=C(S)/C(=N\NC)c1ccc(F)cc1OCCOCCNC(=O)OC(C)(C)C. The Labute approximate surface area is 189 Å². The van der Waals surface area contributed by atoms with Crippen molar-refractivity contribution in [3.8, 4) is 5.75 Å². The van der Waals surface area contributed by atoms with Crippen molar-refractivity contribution < 1.29 is 23.4 Å². The molecule has 1 aromatic carbocycles. The fourth-order valence-electron chi connectivity index (χ4n) is 2.30. The van der Waals surface area contributed by atoms with Crippen molar-refractivity contribution in [3.05, 3.63) is 52.7 Å². The van der Waals surface area contributed by atoms with Gasteiger partial charge in [0.25, 0.3) is 0 Å². The van der Waals surface area contributed by atoms with Crippen LogP contribution in [0.5, 0.6) is 5.75 Å². The summed E-state index contributed by atoms with van der Waals surface area (Å²) in [6.07, 6.45) is 1.16. The van der Waals surface area contributed by atoms with Crippen molar-refractivity contribution in [3.63, 3.8) is 0 Å². The first-order chi connectivity index (χ1) is 14.6. The Kier molecular flexibility index (Phi) is 11.1. The van der Waals surface area contributed by atoms with Gasteiger partial charge in [-0.2, -0.15) is 5.10 Å². The van der Waals surface area contributed by atoms with Crippen molar-refractivity contribution in [2.24, 2.45) is 5.10 Å². The summed E-state index contributed by atoms with van der Waals surface area (Å²) < 4.78 is 30.1. The molecule has 0 unspecified atom stereocenters. The van der Waals surface area contributed by atoms with Gasteiger partial charge in [-0.3, -0.25) is 0 Å². The molecule has 0 heterocycles. The molecule has 172 valence electrons. The lowest BCUT2D eigenvalue weighted by atomic mass is 10.1. The van der Waals surface area contributed by atoms with Crippen molar-refractivity contribution in [2.45, 2.75) is 33.3 Å². The smallest absolute Gasteiger partial charge is 0.407 e. The summed E-state index contributed by atoms with van der Waals surface area (Å²) in [4.78, 5) is 12.2. The molecule has 0 aliphatic heterocycles. The number of alkyl carbamates (subject to hydrolysis) is 1. The molecule has 0 radical (unpaired) electrons. The van der Waals surface area contributed by atoms with Gasteiger partial charge in [-0.15, -0.1) is 12.6 Å². The Morgan fingerprint density at radius 3 is 2.61 bits per heavy atom. The van der Waals surface area contributed by atoms with Crippen LogP contribution in [-0.2, 0) is 9.47 Å². The van der Waals surface area contributed by atoms with Crippen LogP contribution in [0.15, 0.2) is 46.4 Å². The van der Waals surface area contributed by atoms with E-state index in [2.05, 4.69) is 35.1 Å². The predicted octanol–water partition coefficient (Wildman–Crippen LogP) is 4.06. The van der Waals surface area contributed by atoms with Gasteiger partial charge in [-0.05, 0) is 45.4 Å². The molecule has 31 heavy (non-hydrogen) atoms. The van der Waals surface area contributed by atoms with Gasteiger partial charge in [0.05, 0.1) is 13.2 Å². The normalized spacial score (nSPS) is 12.7. The van der Waals surface area contributed by atoms with Crippen LogP contribution in [0.2, 0.25) is 0 Å². The van der Waals surface area contributed by atoms with Crippen molar-refractivity contribution in [1.82, 2.24) is 10.7 Å². The van der Waals surface area contributed by atoms with Crippen LogP contribution < -0.4 is 15.5 Å². The number of rotatable bonds is 11. The van der Waals surface area contributed by atoms with Crippen molar-refractivity contribution >= 4 is 24.4 Å². The minimum Gasteiger partial charge on any atom is -0.490 e. The van der Waals surface area contributed by atoms with E-state index in [1.165, 1.54) is 12.1 Å². The second kappa shape index (κ2) is 13.0. The van der Waals surface area contributed by atoms with Gasteiger partial charge in [-0.1, -0.05) is 12.7 Å². The Morgan fingerprint density at radius 1 is 1.29 bits per heavy atom. The Bertz CT molecular complexity index is 819. The number of carbonyl (C=O) groups excluding carboxylic acids is 1. The highest BCUT2D eigenvalue weighted by Crippen LogP contribution is 2.26. The van der Waals surface area contributed by atoms with Crippen molar-refractivity contribution in [2.75, 3.05) is 33.4 Å². The summed E-state index contributed by atoms with van der Waals surface area (Å²) in [5, 5.41) is 6.86. The van der Waals surface area contributed by atoms with Gasteiger partial charge in [0, 0.05) is 30.1 Å². The number of hydrazone groups is 1. The lowest BCUT2D eigenvalue weighted by molar-refractivity contribution is 0.0489. The fraction of sp³-hybridized carbons (Fsp3) is 0.455. The van der Waals surface area contributed by atoms with E-state index >= 15 is 0 Å². The second-order valence-corrected chi connectivity index (χ2v) is 7.90. The highest BCUT2D eigenvalue weighted by molar-refractivity contribution is 7.85. The first-order valence-electron chi connectivity index (χ1n) is 9.83. The number of allylic oxidation sites excluding steroid dienone is 3. The zero-order chi connectivity index (χ0) is 23.4. The van der Waals surface area contributed by atoms with Crippen LogP contribution in [0.25, 0.3) is 0 Å². The number of benzene rings is 1. The summed E-state index contributed by atoms with van der Waals surface area (Å²) in [5.74, 6) is -0.122. The van der Waals surface area contributed by atoms with Gasteiger partial charge < -0.3 is 25.0 Å². The van der Waals surface area contributed by atoms with Crippen LogP contribution in [0.1, 0.15) is 33.3 Å². The molecular weight excluding hydrogens is 421 g/mol. The maximum Gasteiger partial charge on any atom is 0.407 e. The molecule has 0 aliphatic carbocycles. The number of amides is 1. The molecular formula is C22H32FN3O4S. The van der Waals surface area contributed by atoms with Crippen LogP contribution in [-0.4, -0.2) is 50.8 Å².